The molecule has 1 aromatic carbocycles. The Labute approximate surface area is 129 Å². The second-order valence-corrected chi connectivity index (χ2v) is 5.86. The third kappa shape index (κ3) is 3.12. The number of fused-ring (bicyclic) bond motifs is 1. The Morgan fingerprint density at radius 3 is 3.05 bits per heavy atom. The number of anilines is 1. The van der Waals surface area contributed by atoms with E-state index in [1.54, 1.807) is 7.11 Å². The first-order valence-corrected chi connectivity index (χ1v) is 7.49. The predicted molar refractivity (Wildman–Crippen MR) is 85.2 cm³/mol. The van der Waals surface area contributed by atoms with Gasteiger partial charge in [0, 0.05) is 42.5 Å². The van der Waals surface area contributed by atoms with Crippen molar-refractivity contribution in [1.29, 1.82) is 0 Å². The van der Waals surface area contributed by atoms with Gasteiger partial charge in [0.2, 0.25) is 0 Å². The Hall–Kier alpha value is -1.36. The summed E-state index contributed by atoms with van der Waals surface area (Å²) in [6.07, 6.45) is 2.10. The predicted octanol–water partition coefficient (Wildman–Crippen LogP) is 3.13. The number of ether oxygens (including phenoxy) is 2. The minimum absolute atomic E-state index is 0.0919. The highest BCUT2D eigenvalue weighted by atomic mass is 35.5. The van der Waals surface area contributed by atoms with Gasteiger partial charge in [0.25, 0.3) is 0 Å². The van der Waals surface area contributed by atoms with Crippen LogP contribution >= 0.6 is 11.6 Å². The largest absolute Gasteiger partial charge is 0.382 e. The Morgan fingerprint density at radius 1 is 1.38 bits per heavy atom. The highest BCUT2D eigenvalue weighted by Crippen LogP contribution is 2.29. The number of aromatic nitrogens is 1. The van der Waals surface area contributed by atoms with Crippen molar-refractivity contribution in [2.75, 3.05) is 31.7 Å². The molecule has 0 N–H and O–H groups in total. The second kappa shape index (κ2) is 6.18. The van der Waals surface area contributed by atoms with Crippen molar-refractivity contribution in [3.8, 4) is 0 Å². The van der Waals surface area contributed by atoms with E-state index in [4.69, 9.17) is 21.1 Å². The summed E-state index contributed by atoms with van der Waals surface area (Å²) < 4.78 is 11.1. The molecule has 0 amide bonds. The van der Waals surface area contributed by atoms with E-state index in [2.05, 4.69) is 22.9 Å². The first kappa shape index (κ1) is 14.6. The number of nitrogens with zero attached hydrogens (tertiary/aromatic N) is 2. The lowest BCUT2D eigenvalue weighted by molar-refractivity contribution is -0.0510. The van der Waals surface area contributed by atoms with Crippen LogP contribution < -0.4 is 4.90 Å². The van der Waals surface area contributed by atoms with Crippen LogP contribution in [-0.4, -0.2) is 44.0 Å². The smallest absolute Gasteiger partial charge is 0.0987 e. The van der Waals surface area contributed by atoms with Crippen molar-refractivity contribution < 1.29 is 9.47 Å². The molecule has 1 fully saturated rings. The molecule has 0 saturated carbocycles. The summed E-state index contributed by atoms with van der Waals surface area (Å²) in [5.74, 6) is 0. The maximum atomic E-state index is 6.05. The molecular formula is C16H19ClN2O2. The topological polar surface area (TPSA) is 34.6 Å². The van der Waals surface area contributed by atoms with Crippen molar-refractivity contribution in [2.45, 2.75) is 19.1 Å². The molecule has 5 heteroatoms. The summed E-state index contributed by atoms with van der Waals surface area (Å²) in [6, 6.07) is 7.89. The van der Waals surface area contributed by atoms with Crippen LogP contribution in [0.1, 0.15) is 6.92 Å². The zero-order valence-corrected chi connectivity index (χ0v) is 13.0. The average molecular weight is 307 g/mol. The summed E-state index contributed by atoms with van der Waals surface area (Å²) >= 11 is 6.05. The van der Waals surface area contributed by atoms with Crippen LogP contribution in [0.15, 0.2) is 30.5 Å². The third-order valence-corrected chi connectivity index (χ3v) is 3.94. The second-order valence-electron chi connectivity index (χ2n) is 5.42. The molecule has 4 nitrogen and oxygen atoms in total. The Bertz CT molecular complexity index is 635. The van der Waals surface area contributed by atoms with E-state index in [9.17, 15) is 0 Å². The first-order chi connectivity index (χ1) is 10.2. The van der Waals surface area contributed by atoms with E-state index in [-0.39, 0.29) is 12.2 Å². The first-order valence-electron chi connectivity index (χ1n) is 7.11. The molecule has 2 heterocycles. The van der Waals surface area contributed by atoms with Crippen LogP contribution in [0.4, 0.5) is 5.69 Å². The summed E-state index contributed by atoms with van der Waals surface area (Å²) in [6.45, 7) is 4.38. The van der Waals surface area contributed by atoms with Gasteiger partial charge in [-0.3, -0.25) is 4.98 Å². The monoisotopic (exact) mass is 306 g/mol. The molecule has 1 aromatic heterocycles. The minimum Gasteiger partial charge on any atom is -0.382 e. The molecule has 0 bridgehead atoms. The number of pyridine rings is 1. The molecule has 0 spiro atoms. The van der Waals surface area contributed by atoms with Crippen LogP contribution in [0.5, 0.6) is 0 Å². The van der Waals surface area contributed by atoms with Gasteiger partial charge in [-0.05, 0) is 31.2 Å². The molecule has 2 unspecified atom stereocenters. The van der Waals surface area contributed by atoms with E-state index in [1.807, 2.05) is 24.4 Å². The fourth-order valence-electron chi connectivity index (χ4n) is 2.90. The normalized spacial score (nSPS) is 22.7. The van der Waals surface area contributed by atoms with Crippen LogP contribution in [0.3, 0.4) is 0 Å². The van der Waals surface area contributed by atoms with Gasteiger partial charge in [-0.1, -0.05) is 11.6 Å². The highest BCUT2D eigenvalue weighted by Gasteiger charge is 2.26. The quantitative estimate of drug-likeness (QED) is 0.872. The molecule has 2 atom stereocenters. The summed E-state index contributed by atoms with van der Waals surface area (Å²) in [5.41, 5.74) is 2.09. The number of methoxy groups -OCH3 is 1. The van der Waals surface area contributed by atoms with E-state index in [0.29, 0.717) is 11.6 Å². The standard InChI is InChI=1S/C16H19ClN2O2/c1-11-8-19(9-13(21-11)10-20-2)16-5-6-18-15-7-12(17)3-4-14(15)16/h3-7,11,13H,8-10H2,1-2H3. The van der Waals surface area contributed by atoms with Crippen molar-refractivity contribution >= 4 is 28.2 Å². The van der Waals surface area contributed by atoms with Gasteiger partial charge in [-0.25, -0.2) is 0 Å². The maximum Gasteiger partial charge on any atom is 0.0987 e. The number of hydrogen-bond donors (Lipinski definition) is 0. The van der Waals surface area contributed by atoms with Gasteiger partial charge >= 0.3 is 0 Å². The Morgan fingerprint density at radius 2 is 2.24 bits per heavy atom. The van der Waals surface area contributed by atoms with Crippen molar-refractivity contribution in [2.24, 2.45) is 0 Å². The van der Waals surface area contributed by atoms with Gasteiger partial charge in [-0.2, -0.15) is 0 Å². The zero-order chi connectivity index (χ0) is 14.8. The number of morpholine rings is 1. The molecule has 112 valence electrons. The fourth-order valence-corrected chi connectivity index (χ4v) is 3.07. The van der Waals surface area contributed by atoms with Crippen molar-refractivity contribution in [3.63, 3.8) is 0 Å². The molecule has 3 rings (SSSR count). The van der Waals surface area contributed by atoms with Crippen molar-refractivity contribution in [1.82, 2.24) is 4.98 Å². The fraction of sp³-hybridized carbons (Fsp3) is 0.438. The molecule has 0 radical (unpaired) electrons. The zero-order valence-electron chi connectivity index (χ0n) is 12.3. The molecule has 21 heavy (non-hydrogen) atoms. The SMILES string of the molecule is COCC1CN(c2ccnc3cc(Cl)ccc23)CC(C)O1. The third-order valence-electron chi connectivity index (χ3n) is 3.70. The summed E-state index contributed by atoms with van der Waals surface area (Å²) in [7, 11) is 1.71. The average Bonchev–Trinajstić information content (AvgIpc) is 2.46. The van der Waals surface area contributed by atoms with E-state index in [1.165, 1.54) is 5.69 Å². The van der Waals surface area contributed by atoms with Crippen molar-refractivity contribution in [3.05, 3.63) is 35.5 Å². The molecular weight excluding hydrogens is 288 g/mol. The summed E-state index contributed by atoms with van der Waals surface area (Å²) in [4.78, 5) is 6.75. The van der Waals surface area contributed by atoms with Gasteiger partial charge in [-0.15, -0.1) is 0 Å². The van der Waals surface area contributed by atoms with Gasteiger partial charge in [0.1, 0.15) is 0 Å². The van der Waals surface area contributed by atoms with E-state index in [0.717, 1.165) is 24.0 Å². The maximum absolute atomic E-state index is 6.05. The Kier molecular flexibility index (Phi) is 4.29. The van der Waals surface area contributed by atoms with E-state index < -0.39 is 0 Å². The summed E-state index contributed by atoms with van der Waals surface area (Å²) in [5, 5.41) is 1.83. The minimum atomic E-state index is 0.0919. The highest BCUT2D eigenvalue weighted by molar-refractivity contribution is 6.31. The van der Waals surface area contributed by atoms with Crippen LogP contribution in [0.25, 0.3) is 10.9 Å². The number of rotatable bonds is 3. The number of hydrogen-bond acceptors (Lipinski definition) is 4. The lowest BCUT2D eigenvalue weighted by Gasteiger charge is -2.38. The van der Waals surface area contributed by atoms with Gasteiger partial charge < -0.3 is 14.4 Å². The Balaban J connectivity index is 1.95. The van der Waals surface area contributed by atoms with E-state index >= 15 is 0 Å². The molecule has 1 saturated heterocycles. The molecule has 2 aromatic rings. The molecule has 1 aliphatic rings. The lowest BCUT2D eigenvalue weighted by atomic mass is 10.1. The van der Waals surface area contributed by atoms with Gasteiger partial charge in [0.05, 0.1) is 24.3 Å². The van der Waals surface area contributed by atoms with Crippen LogP contribution in [0.2, 0.25) is 5.02 Å². The van der Waals surface area contributed by atoms with Crippen LogP contribution in [0, 0.1) is 0 Å². The number of halogens is 1. The number of benzene rings is 1. The molecule has 0 aliphatic carbocycles. The van der Waals surface area contributed by atoms with Crippen LogP contribution in [-0.2, 0) is 9.47 Å². The van der Waals surface area contributed by atoms with Gasteiger partial charge in [0.15, 0.2) is 0 Å². The lowest BCUT2D eigenvalue weighted by Crippen LogP contribution is -2.48. The molecule has 1 aliphatic heterocycles.